The standard InChI is InChI=1S/C27H18ClN5O2/c28-22-7-5-19(6-8-22)23-12-16-32-26(25(23)21-9-13-29-14-10-21)31-33(27(32)34)17-18-1-3-20(4-2-18)24-11-15-30-35-24/h1-16H,17H2. The minimum atomic E-state index is -0.211. The van der Waals surface area contributed by atoms with Gasteiger partial charge < -0.3 is 4.52 Å². The summed E-state index contributed by atoms with van der Waals surface area (Å²) >= 11 is 6.11. The summed E-state index contributed by atoms with van der Waals surface area (Å²) in [7, 11) is 0. The molecule has 6 aromatic rings. The van der Waals surface area contributed by atoms with Crippen LogP contribution in [0.1, 0.15) is 5.56 Å². The Bertz CT molecular complexity index is 1670. The van der Waals surface area contributed by atoms with Crippen LogP contribution in [0.15, 0.2) is 107 Å². The van der Waals surface area contributed by atoms with Crippen LogP contribution in [0.25, 0.3) is 39.2 Å². The third-order valence-corrected chi connectivity index (χ3v) is 6.14. The molecule has 0 spiro atoms. The van der Waals surface area contributed by atoms with Crippen molar-refractivity contribution in [3.8, 4) is 33.6 Å². The lowest BCUT2D eigenvalue weighted by molar-refractivity contribution is 0.432. The van der Waals surface area contributed by atoms with Crippen LogP contribution < -0.4 is 5.69 Å². The summed E-state index contributed by atoms with van der Waals surface area (Å²) in [4.78, 5) is 17.4. The lowest BCUT2D eigenvalue weighted by Crippen LogP contribution is -2.21. The number of benzene rings is 2. The Morgan fingerprint density at radius 2 is 1.54 bits per heavy atom. The van der Waals surface area contributed by atoms with E-state index < -0.39 is 0 Å². The summed E-state index contributed by atoms with van der Waals surface area (Å²) in [6.45, 7) is 0.337. The first-order valence-corrected chi connectivity index (χ1v) is 11.3. The molecule has 0 unspecified atom stereocenters. The molecule has 0 fully saturated rings. The Kier molecular flexibility index (Phi) is 5.24. The van der Waals surface area contributed by atoms with Crippen LogP contribution in [0, 0.1) is 0 Å². The third kappa shape index (κ3) is 3.92. The summed E-state index contributed by atoms with van der Waals surface area (Å²) in [5.74, 6) is 0.693. The van der Waals surface area contributed by atoms with Gasteiger partial charge in [0.05, 0.1) is 12.7 Å². The lowest BCUT2D eigenvalue weighted by Gasteiger charge is -2.11. The summed E-state index contributed by atoms with van der Waals surface area (Å²) in [5, 5.41) is 9.16. The minimum Gasteiger partial charge on any atom is -0.356 e. The first-order valence-electron chi connectivity index (χ1n) is 11.0. The number of fused-ring (bicyclic) bond motifs is 1. The van der Waals surface area contributed by atoms with Gasteiger partial charge in [-0.05, 0) is 52.6 Å². The van der Waals surface area contributed by atoms with Crippen molar-refractivity contribution in [3.63, 3.8) is 0 Å². The third-order valence-electron chi connectivity index (χ3n) is 5.89. The van der Waals surface area contributed by atoms with E-state index in [-0.39, 0.29) is 5.69 Å². The molecule has 0 saturated heterocycles. The molecular formula is C27H18ClN5O2. The molecule has 6 rings (SSSR count). The van der Waals surface area contributed by atoms with Crippen molar-refractivity contribution >= 4 is 17.2 Å². The number of halogens is 1. The molecule has 0 N–H and O–H groups in total. The molecule has 7 nitrogen and oxygen atoms in total. The van der Waals surface area contributed by atoms with E-state index >= 15 is 0 Å². The second-order valence-electron chi connectivity index (χ2n) is 8.05. The molecule has 4 heterocycles. The van der Waals surface area contributed by atoms with Gasteiger partial charge in [-0.1, -0.05) is 53.2 Å². The molecule has 2 aromatic carbocycles. The molecule has 0 bridgehead atoms. The fourth-order valence-corrected chi connectivity index (χ4v) is 4.29. The summed E-state index contributed by atoms with van der Waals surface area (Å²) < 4.78 is 8.28. The van der Waals surface area contributed by atoms with Gasteiger partial charge in [0.1, 0.15) is 0 Å². The first kappa shape index (κ1) is 21.1. The molecule has 0 aliphatic rings. The number of rotatable bonds is 5. The van der Waals surface area contributed by atoms with Gasteiger partial charge >= 0.3 is 5.69 Å². The Morgan fingerprint density at radius 1 is 0.800 bits per heavy atom. The average molecular weight is 480 g/mol. The minimum absolute atomic E-state index is 0.211. The highest BCUT2D eigenvalue weighted by atomic mass is 35.5. The number of pyridine rings is 2. The molecule has 8 heteroatoms. The molecule has 0 radical (unpaired) electrons. The second-order valence-corrected chi connectivity index (χ2v) is 8.49. The summed E-state index contributed by atoms with van der Waals surface area (Å²) in [6, 6.07) is 23.0. The smallest absolute Gasteiger partial charge is 0.350 e. The van der Waals surface area contributed by atoms with Crippen LogP contribution in [-0.4, -0.2) is 24.3 Å². The summed E-state index contributed by atoms with van der Waals surface area (Å²) in [5.41, 5.74) is 5.94. The molecule has 0 aliphatic carbocycles. The largest absolute Gasteiger partial charge is 0.356 e. The van der Waals surface area contributed by atoms with Crippen molar-refractivity contribution in [1.29, 1.82) is 0 Å². The van der Waals surface area contributed by atoms with Gasteiger partial charge in [-0.25, -0.2) is 13.9 Å². The maximum atomic E-state index is 13.3. The van der Waals surface area contributed by atoms with Crippen LogP contribution >= 0.6 is 11.6 Å². The van der Waals surface area contributed by atoms with E-state index in [4.69, 9.17) is 21.2 Å². The zero-order valence-electron chi connectivity index (χ0n) is 18.4. The Hall–Kier alpha value is -4.49. The van der Waals surface area contributed by atoms with Gasteiger partial charge in [0.15, 0.2) is 11.4 Å². The fraction of sp³-hybridized carbons (Fsp3) is 0.0370. The fourth-order valence-electron chi connectivity index (χ4n) is 4.17. The normalized spacial score (nSPS) is 11.2. The topological polar surface area (TPSA) is 78.2 Å². The van der Waals surface area contributed by atoms with Gasteiger partial charge in [0, 0.05) is 40.8 Å². The average Bonchev–Trinajstić information content (AvgIpc) is 3.54. The molecule has 0 amide bonds. The van der Waals surface area contributed by atoms with Gasteiger partial charge in [0.25, 0.3) is 0 Å². The zero-order valence-corrected chi connectivity index (χ0v) is 19.1. The molecule has 0 aliphatic heterocycles. The van der Waals surface area contributed by atoms with Crippen LogP contribution in [0.3, 0.4) is 0 Å². The van der Waals surface area contributed by atoms with Gasteiger partial charge in [-0.15, -0.1) is 5.10 Å². The maximum Gasteiger partial charge on any atom is 0.350 e. The molecular weight excluding hydrogens is 462 g/mol. The van der Waals surface area contributed by atoms with E-state index in [0.29, 0.717) is 23.0 Å². The van der Waals surface area contributed by atoms with Crippen molar-refractivity contribution in [2.24, 2.45) is 0 Å². The van der Waals surface area contributed by atoms with Crippen molar-refractivity contribution in [2.75, 3.05) is 0 Å². The highest BCUT2D eigenvalue weighted by Gasteiger charge is 2.18. The molecule has 4 aromatic heterocycles. The quantitative estimate of drug-likeness (QED) is 0.322. The summed E-state index contributed by atoms with van der Waals surface area (Å²) in [6.07, 6.45) is 6.84. The number of hydrogen-bond acceptors (Lipinski definition) is 5. The Labute approximate surface area is 204 Å². The van der Waals surface area contributed by atoms with Crippen LogP contribution in [-0.2, 0) is 6.54 Å². The molecule has 0 saturated carbocycles. The van der Waals surface area contributed by atoms with Crippen LogP contribution in [0.2, 0.25) is 5.02 Å². The van der Waals surface area contributed by atoms with Gasteiger partial charge in [0.2, 0.25) is 0 Å². The second kappa shape index (κ2) is 8.70. The first-order chi connectivity index (χ1) is 17.2. The van der Waals surface area contributed by atoms with Crippen molar-refractivity contribution in [2.45, 2.75) is 6.54 Å². The van der Waals surface area contributed by atoms with E-state index in [2.05, 4.69) is 10.1 Å². The van der Waals surface area contributed by atoms with Crippen LogP contribution in [0.5, 0.6) is 0 Å². The van der Waals surface area contributed by atoms with Crippen LogP contribution in [0.4, 0.5) is 0 Å². The number of hydrogen-bond donors (Lipinski definition) is 0. The highest BCUT2D eigenvalue weighted by molar-refractivity contribution is 6.30. The van der Waals surface area contributed by atoms with E-state index in [1.165, 1.54) is 4.68 Å². The SMILES string of the molecule is O=c1n(Cc2ccc(-c3ccno3)cc2)nc2c(-c3ccncc3)c(-c3ccc(Cl)cc3)ccn12. The van der Waals surface area contributed by atoms with Crippen molar-refractivity contribution in [1.82, 2.24) is 24.3 Å². The monoisotopic (exact) mass is 479 g/mol. The Balaban J connectivity index is 1.46. The lowest BCUT2D eigenvalue weighted by atomic mass is 9.96. The van der Waals surface area contributed by atoms with Gasteiger partial charge in [-0.2, -0.15) is 0 Å². The van der Waals surface area contributed by atoms with Gasteiger partial charge in [-0.3, -0.25) is 4.98 Å². The highest BCUT2D eigenvalue weighted by Crippen LogP contribution is 2.34. The molecule has 170 valence electrons. The van der Waals surface area contributed by atoms with E-state index in [9.17, 15) is 4.79 Å². The van der Waals surface area contributed by atoms with E-state index in [1.54, 1.807) is 35.3 Å². The zero-order chi connectivity index (χ0) is 23.8. The Morgan fingerprint density at radius 3 is 2.26 bits per heavy atom. The maximum absolute atomic E-state index is 13.3. The molecule has 0 atom stereocenters. The van der Waals surface area contributed by atoms with E-state index in [0.717, 1.165) is 33.4 Å². The predicted molar refractivity (Wildman–Crippen MR) is 134 cm³/mol. The van der Waals surface area contributed by atoms with E-state index in [1.807, 2.05) is 66.7 Å². The number of aromatic nitrogens is 5. The number of nitrogens with zero attached hydrogens (tertiary/aromatic N) is 5. The molecule has 35 heavy (non-hydrogen) atoms. The predicted octanol–water partition coefficient (Wildman–Crippen LogP) is 5.58. The van der Waals surface area contributed by atoms with Crippen molar-refractivity contribution < 1.29 is 4.52 Å². The van der Waals surface area contributed by atoms with Crippen molar-refractivity contribution in [3.05, 3.63) is 119 Å².